The summed E-state index contributed by atoms with van der Waals surface area (Å²) in [6.45, 7) is 2.78. The molecule has 0 fully saturated rings. The van der Waals surface area contributed by atoms with E-state index < -0.39 is 0 Å². The molecule has 0 rings (SSSR count). The number of hydrogen-bond donors (Lipinski definition) is 1. The van der Waals surface area contributed by atoms with Crippen molar-refractivity contribution >= 4 is 5.78 Å². The van der Waals surface area contributed by atoms with Gasteiger partial charge in [0, 0.05) is 26.0 Å². The maximum atomic E-state index is 11.4. The van der Waals surface area contributed by atoms with Gasteiger partial charge in [0.25, 0.3) is 0 Å². The highest BCUT2D eigenvalue weighted by Crippen LogP contribution is 1.99. The van der Waals surface area contributed by atoms with Crippen molar-refractivity contribution in [2.75, 3.05) is 40.4 Å². The lowest BCUT2D eigenvalue weighted by atomic mass is 10.1. The molecule has 0 aromatic rings. The first kappa shape index (κ1) is 14.6. The van der Waals surface area contributed by atoms with Crippen LogP contribution in [0.1, 0.15) is 25.7 Å². The summed E-state index contributed by atoms with van der Waals surface area (Å²) in [5.41, 5.74) is 5.27. The minimum Gasteiger partial charge on any atom is -0.380 e. The van der Waals surface area contributed by atoms with Crippen molar-refractivity contribution in [3.8, 4) is 0 Å². The van der Waals surface area contributed by atoms with Crippen LogP contribution < -0.4 is 5.73 Å². The molecule has 0 radical (unpaired) electrons. The van der Waals surface area contributed by atoms with Crippen LogP contribution in [-0.4, -0.2) is 51.1 Å². The van der Waals surface area contributed by atoms with Crippen LogP contribution in [-0.2, 0) is 9.53 Å². The number of nitrogens with two attached hydrogens (primary N) is 1. The fourth-order valence-electron chi connectivity index (χ4n) is 1.27. The second-order valence-corrected chi connectivity index (χ2v) is 3.95. The fourth-order valence-corrected chi connectivity index (χ4v) is 1.27. The van der Waals surface area contributed by atoms with Crippen molar-refractivity contribution in [3.05, 3.63) is 0 Å². The first-order chi connectivity index (χ1) is 7.16. The average Bonchev–Trinajstić information content (AvgIpc) is 2.17. The number of ketones is 1. The number of nitrogens with zero attached hydrogens (tertiary/aromatic N) is 1. The molecule has 0 spiro atoms. The van der Waals surface area contributed by atoms with Crippen LogP contribution in [0.25, 0.3) is 0 Å². The molecule has 0 heterocycles. The molecule has 0 aromatic heterocycles. The topological polar surface area (TPSA) is 55.6 Å². The van der Waals surface area contributed by atoms with E-state index in [1.165, 1.54) is 0 Å². The van der Waals surface area contributed by atoms with E-state index in [1.54, 1.807) is 0 Å². The molecule has 0 saturated carbocycles. The van der Waals surface area contributed by atoms with Crippen LogP contribution in [0.5, 0.6) is 0 Å². The van der Waals surface area contributed by atoms with Gasteiger partial charge in [-0.15, -0.1) is 0 Å². The smallest absolute Gasteiger partial charge is 0.133 e. The Morgan fingerprint density at radius 2 is 1.87 bits per heavy atom. The summed E-state index contributed by atoms with van der Waals surface area (Å²) in [6.07, 6.45) is 3.10. The van der Waals surface area contributed by atoms with E-state index in [2.05, 4.69) is 4.90 Å². The summed E-state index contributed by atoms with van der Waals surface area (Å²) in [6, 6.07) is 0. The lowest BCUT2D eigenvalue weighted by molar-refractivity contribution is -0.119. The Morgan fingerprint density at radius 3 is 2.47 bits per heavy atom. The van der Waals surface area contributed by atoms with E-state index in [0.29, 0.717) is 38.4 Å². The minimum absolute atomic E-state index is 0.341. The van der Waals surface area contributed by atoms with Gasteiger partial charge in [-0.3, -0.25) is 4.79 Å². The average molecular weight is 216 g/mol. The van der Waals surface area contributed by atoms with Crippen LogP contribution in [0, 0.1) is 0 Å². The van der Waals surface area contributed by atoms with Crippen LogP contribution in [0.3, 0.4) is 0 Å². The van der Waals surface area contributed by atoms with Crippen molar-refractivity contribution in [2.24, 2.45) is 5.73 Å². The van der Waals surface area contributed by atoms with Gasteiger partial charge in [0.2, 0.25) is 0 Å². The number of carbonyl (C=O) groups excluding carboxylic acids is 1. The summed E-state index contributed by atoms with van der Waals surface area (Å²) >= 11 is 0. The maximum absolute atomic E-state index is 11.4. The molecule has 4 nitrogen and oxygen atoms in total. The van der Waals surface area contributed by atoms with Gasteiger partial charge in [-0.25, -0.2) is 0 Å². The number of hydrogen-bond acceptors (Lipinski definition) is 4. The molecule has 0 aliphatic heterocycles. The van der Waals surface area contributed by atoms with Crippen molar-refractivity contribution in [1.29, 1.82) is 0 Å². The first-order valence-electron chi connectivity index (χ1n) is 5.61. The molecule has 0 saturated heterocycles. The number of rotatable bonds is 10. The molecule has 0 bridgehead atoms. The summed E-state index contributed by atoms with van der Waals surface area (Å²) in [4.78, 5) is 13.5. The number of Topliss-reactive ketones (excluding diaryl/α,β-unsaturated/α-hetero) is 1. The third-order valence-electron chi connectivity index (χ3n) is 2.07. The highest BCUT2D eigenvalue weighted by Gasteiger charge is 2.01. The second kappa shape index (κ2) is 10.1. The SMILES string of the molecule is CN(C)CCCC(=O)CCCOCCN. The van der Waals surface area contributed by atoms with Gasteiger partial charge in [0.1, 0.15) is 5.78 Å². The van der Waals surface area contributed by atoms with E-state index in [4.69, 9.17) is 10.5 Å². The Hall–Kier alpha value is -0.450. The molecule has 15 heavy (non-hydrogen) atoms. The zero-order valence-corrected chi connectivity index (χ0v) is 10.00. The Kier molecular flexibility index (Phi) is 9.78. The van der Waals surface area contributed by atoms with Crippen LogP contribution in [0.15, 0.2) is 0 Å². The van der Waals surface area contributed by atoms with E-state index in [9.17, 15) is 4.79 Å². The molecule has 0 unspecified atom stereocenters. The zero-order valence-electron chi connectivity index (χ0n) is 10.00. The quantitative estimate of drug-likeness (QED) is 0.545. The van der Waals surface area contributed by atoms with Gasteiger partial charge in [0.15, 0.2) is 0 Å². The fraction of sp³-hybridized carbons (Fsp3) is 0.909. The number of ether oxygens (including phenoxy) is 1. The molecular formula is C11H24N2O2. The maximum Gasteiger partial charge on any atom is 0.133 e. The molecular weight excluding hydrogens is 192 g/mol. The standard InChI is InChI=1S/C11H24N2O2/c1-13(2)8-3-5-11(14)6-4-9-15-10-7-12/h3-10,12H2,1-2H3. The van der Waals surface area contributed by atoms with E-state index in [1.807, 2.05) is 14.1 Å². The first-order valence-corrected chi connectivity index (χ1v) is 5.61. The van der Waals surface area contributed by atoms with Gasteiger partial charge in [0.05, 0.1) is 6.61 Å². The third kappa shape index (κ3) is 11.5. The second-order valence-electron chi connectivity index (χ2n) is 3.95. The van der Waals surface area contributed by atoms with Crippen molar-refractivity contribution in [2.45, 2.75) is 25.7 Å². The molecule has 0 atom stereocenters. The molecule has 2 N–H and O–H groups in total. The highest BCUT2D eigenvalue weighted by atomic mass is 16.5. The summed E-state index contributed by atoms with van der Waals surface area (Å²) in [7, 11) is 4.04. The number of carbonyl (C=O) groups is 1. The minimum atomic E-state index is 0.341. The highest BCUT2D eigenvalue weighted by molar-refractivity contribution is 5.78. The summed E-state index contributed by atoms with van der Waals surface area (Å²) in [5.74, 6) is 0.341. The van der Waals surface area contributed by atoms with Crippen molar-refractivity contribution in [3.63, 3.8) is 0 Å². The summed E-state index contributed by atoms with van der Waals surface area (Å²) < 4.78 is 5.19. The van der Waals surface area contributed by atoms with Crippen LogP contribution >= 0.6 is 0 Å². The molecule has 0 aromatic carbocycles. The largest absolute Gasteiger partial charge is 0.380 e. The monoisotopic (exact) mass is 216 g/mol. The Balaban J connectivity index is 3.19. The third-order valence-corrected chi connectivity index (χ3v) is 2.07. The predicted molar refractivity (Wildman–Crippen MR) is 61.9 cm³/mol. The van der Waals surface area contributed by atoms with Crippen LogP contribution in [0.2, 0.25) is 0 Å². The van der Waals surface area contributed by atoms with Crippen molar-refractivity contribution in [1.82, 2.24) is 4.90 Å². The van der Waals surface area contributed by atoms with Crippen molar-refractivity contribution < 1.29 is 9.53 Å². The molecule has 0 amide bonds. The molecule has 0 aliphatic carbocycles. The van der Waals surface area contributed by atoms with Crippen LogP contribution in [0.4, 0.5) is 0 Å². The Morgan fingerprint density at radius 1 is 1.20 bits per heavy atom. The molecule has 4 heteroatoms. The summed E-state index contributed by atoms with van der Waals surface area (Å²) in [5, 5.41) is 0. The van der Waals surface area contributed by atoms with E-state index in [-0.39, 0.29) is 0 Å². The van der Waals surface area contributed by atoms with E-state index in [0.717, 1.165) is 19.4 Å². The lowest BCUT2D eigenvalue weighted by Crippen LogP contribution is -2.14. The van der Waals surface area contributed by atoms with E-state index >= 15 is 0 Å². The van der Waals surface area contributed by atoms with Gasteiger partial charge in [-0.1, -0.05) is 0 Å². The lowest BCUT2D eigenvalue weighted by Gasteiger charge is -2.08. The Bertz CT molecular complexity index is 161. The molecule has 90 valence electrons. The Labute approximate surface area is 92.8 Å². The van der Waals surface area contributed by atoms with Gasteiger partial charge in [-0.2, -0.15) is 0 Å². The van der Waals surface area contributed by atoms with Gasteiger partial charge in [-0.05, 0) is 33.5 Å². The zero-order chi connectivity index (χ0) is 11.5. The normalized spacial score (nSPS) is 10.9. The van der Waals surface area contributed by atoms with Gasteiger partial charge >= 0.3 is 0 Å². The van der Waals surface area contributed by atoms with Gasteiger partial charge < -0.3 is 15.4 Å². The predicted octanol–water partition coefficient (Wildman–Crippen LogP) is 0.653. The molecule has 0 aliphatic rings.